The molecule has 0 saturated heterocycles. The molecule has 34 heavy (non-hydrogen) atoms. The van der Waals surface area contributed by atoms with E-state index in [0.29, 0.717) is 24.3 Å². The normalized spacial score (nSPS) is 20.8. The van der Waals surface area contributed by atoms with Gasteiger partial charge < -0.3 is 19.8 Å². The van der Waals surface area contributed by atoms with Crippen LogP contribution in [-0.2, 0) is 20.0 Å². The predicted molar refractivity (Wildman–Crippen MR) is 132 cm³/mol. The number of rotatable bonds is 3. The average molecular weight is 473 g/mol. The van der Waals surface area contributed by atoms with Gasteiger partial charge in [-0.25, -0.2) is 0 Å². The molecule has 0 unspecified atom stereocenters. The molecule has 188 valence electrons. The van der Waals surface area contributed by atoms with E-state index in [-0.39, 0.29) is 12.5 Å². The molecule has 1 aromatic carbocycles. The monoisotopic (exact) mass is 472 g/mol. The zero-order chi connectivity index (χ0) is 24.8. The first-order chi connectivity index (χ1) is 16.2. The van der Waals surface area contributed by atoms with Gasteiger partial charge in [-0.2, -0.15) is 5.10 Å². The van der Waals surface area contributed by atoms with Gasteiger partial charge in [0.05, 0.1) is 11.8 Å². The van der Waals surface area contributed by atoms with E-state index in [4.69, 9.17) is 4.74 Å². The lowest BCUT2D eigenvalue weighted by molar-refractivity contribution is -0.0163. The van der Waals surface area contributed by atoms with Crippen LogP contribution in [0.5, 0.6) is 5.75 Å². The number of aliphatic hydroxyl groups excluding tert-OH is 2. The molecule has 0 bridgehead atoms. The van der Waals surface area contributed by atoms with Crippen molar-refractivity contribution in [2.45, 2.75) is 64.7 Å². The molecule has 0 radical (unpaired) electrons. The van der Waals surface area contributed by atoms with Crippen molar-refractivity contribution in [2.24, 2.45) is 7.05 Å². The summed E-state index contributed by atoms with van der Waals surface area (Å²) in [6, 6.07) is 5.46. The summed E-state index contributed by atoms with van der Waals surface area (Å²) >= 11 is 0. The molecule has 1 aliphatic rings. The number of ether oxygens (including phenoxy) is 1. The third kappa shape index (κ3) is 6.58. The van der Waals surface area contributed by atoms with Crippen LogP contribution in [-0.4, -0.2) is 81.7 Å². The SMILES string of the molecule is Cc1nn(C)c(C)c1CN1CCCCCc2cc(C(=O)N(C)C)ccc2OC[C@@H](O)[C@@H](O)CC1. The van der Waals surface area contributed by atoms with Gasteiger partial charge in [0, 0.05) is 51.1 Å². The van der Waals surface area contributed by atoms with E-state index in [9.17, 15) is 15.0 Å². The van der Waals surface area contributed by atoms with Crippen molar-refractivity contribution < 1.29 is 19.7 Å². The molecule has 0 saturated carbocycles. The largest absolute Gasteiger partial charge is 0.491 e. The predicted octanol–water partition coefficient (Wildman–Crippen LogP) is 2.46. The Hall–Kier alpha value is -2.42. The zero-order valence-corrected chi connectivity index (χ0v) is 21.3. The van der Waals surface area contributed by atoms with E-state index >= 15 is 0 Å². The van der Waals surface area contributed by atoms with Crippen LogP contribution in [0.15, 0.2) is 18.2 Å². The summed E-state index contributed by atoms with van der Waals surface area (Å²) in [5.74, 6) is 0.622. The summed E-state index contributed by atoms with van der Waals surface area (Å²) in [6.45, 7) is 6.52. The van der Waals surface area contributed by atoms with Crippen LogP contribution in [0.2, 0.25) is 0 Å². The lowest BCUT2D eigenvalue weighted by Gasteiger charge is -2.26. The molecule has 2 atom stereocenters. The maximum atomic E-state index is 12.4. The summed E-state index contributed by atoms with van der Waals surface area (Å²) in [4.78, 5) is 16.3. The van der Waals surface area contributed by atoms with Gasteiger partial charge in [-0.05, 0) is 69.8 Å². The van der Waals surface area contributed by atoms with Gasteiger partial charge in [-0.1, -0.05) is 6.42 Å². The number of nitrogens with zero attached hydrogens (tertiary/aromatic N) is 4. The van der Waals surface area contributed by atoms with Gasteiger partial charge in [0.2, 0.25) is 0 Å². The second kappa shape index (κ2) is 11.8. The quantitative estimate of drug-likeness (QED) is 0.713. The van der Waals surface area contributed by atoms with Crippen molar-refractivity contribution in [1.29, 1.82) is 0 Å². The Labute approximate surface area is 203 Å². The number of benzene rings is 1. The first-order valence-corrected chi connectivity index (χ1v) is 12.2. The molecule has 2 N–H and O–H groups in total. The summed E-state index contributed by atoms with van der Waals surface area (Å²) in [5, 5.41) is 25.7. The van der Waals surface area contributed by atoms with Crippen molar-refractivity contribution in [2.75, 3.05) is 33.8 Å². The Bertz CT molecular complexity index is 972. The van der Waals surface area contributed by atoms with Gasteiger partial charge in [-0.15, -0.1) is 0 Å². The van der Waals surface area contributed by atoms with Crippen molar-refractivity contribution >= 4 is 5.91 Å². The highest BCUT2D eigenvalue weighted by atomic mass is 16.5. The topological polar surface area (TPSA) is 91.1 Å². The summed E-state index contributed by atoms with van der Waals surface area (Å²) in [6.07, 6.45) is 2.47. The highest BCUT2D eigenvalue weighted by Crippen LogP contribution is 2.25. The highest BCUT2D eigenvalue weighted by molar-refractivity contribution is 5.94. The number of aliphatic hydroxyl groups is 2. The summed E-state index contributed by atoms with van der Waals surface area (Å²) < 4.78 is 7.82. The Morgan fingerprint density at radius 1 is 1.15 bits per heavy atom. The van der Waals surface area contributed by atoms with Crippen LogP contribution >= 0.6 is 0 Å². The lowest BCUT2D eigenvalue weighted by atomic mass is 10.0. The minimum Gasteiger partial charge on any atom is -0.491 e. The molecule has 2 heterocycles. The molecular weight excluding hydrogens is 432 g/mol. The van der Waals surface area contributed by atoms with Gasteiger partial charge >= 0.3 is 0 Å². The van der Waals surface area contributed by atoms with Gasteiger partial charge in [0.25, 0.3) is 5.91 Å². The van der Waals surface area contributed by atoms with Gasteiger partial charge in [0.1, 0.15) is 18.5 Å². The van der Waals surface area contributed by atoms with Crippen LogP contribution in [0, 0.1) is 13.8 Å². The molecule has 2 aromatic rings. The minimum absolute atomic E-state index is 0.00988. The first kappa shape index (κ1) is 26.2. The number of amides is 1. The maximum Gasteiger partial charge on any atom is 0.253 e. The van der Waals surface area contributed by atoms with Crippen LogP contribution < -0.4 is 4.74 Å². The maximum absolute atomic E-state index is 12.4. The molecule has 1 amide bonds. The smallest absolute Gasteiger partial charge is 0.253 e. The fourth-order valence-corrected chi connectivity index (χ4v) is 4.47. The fourth-order valence-electron chi connectivity index (χ4n) is 4.47. The van der Waals surface area contributed by atoms with Gasteiger partial charge in [-0.3, -0.25) is 14.4 Å². The van der Waals surface area contributed by atoms with Crippen molar-refractivity contribution in [3.63, 3.8) is 0 Å². The van der Waals surface area contributed by atoms with Crippen molar-refractivity contribution in [3.05, 3.63) is 46.3 Å². The first-order valence-electron chi connectivity index (χ1n) is 12.2. The van der Waals surface area contributed by atoms with E-state index < -0.39 is 12.2 Å². The molecule has 0 aliphatic carbocycles. The number of fused-ring (bicyclic) bond motifs is 1. The lowest BCUT2D eigenvalue weighted by Crippen LogP contribution is -2.36. The van der Waals surface area contributed by atoms with E-state index in [1.165, 1.54) is 5.56 Å². The summed E-state index contributed by atoms with van der Waals surface area (Å²) in [5.41, 5.74) is 5.01. The number of aromatic nitrogens is 2. The number of hydrogen-bond donors (Lipinski definition) is 2. The van der Waals surface area contributed by atoms with Gasteiger partial charge in [0.15, 0.2) is 0 Å². The van der Waals surface area contributed by atoms with Crippen molar-refractivity contribution in [1.82, 2.24) is 19.6 Å². The molecular formula is C26H40N4O4. The Morgan fingerprint density at radius 2 is 1.91 bits per heavy atom. The third-order valence-corrected chi connectivity index (χ3v) is 6.77. The van der Waals surface area contributed by atoms with E-state index in [1.54, 1.807) is 31.1 Å². The minimum atomic E-state index is -0.984. The summed E-state index contributed by atoms with van der Waals surface area (Å²) in [7, 11) is 5.44. The van der Waals surface area contributed by atoms with Crippen LogP contribution in [0.1, 0.15) is 58.6 Å². The second-order valence-corrected chi connectivity index (χ2v) is 9.62. The number of carbonyl (C=O) groups excluding carboxylic acids is 1. The van der Waals surface area contributed by atoms with E-state index in [1.807, 2.05) is 24.7 Å². The zero-order valence-electron chi connectivity index (χ0n) is 21.3. The molecule has 0 fully saturated rings. The van der Waals surface area contributed by atoms with E-state index in [2.05, 4.69) is 16.9 Å². The molecule has 3 rings (SSSR count). The Balaban J connectivity index is 1.74. The van der Waals surface area contributed by atoms with E-state index in [0.717, 1.165) is 55.7 Å². The average Bonchev–Trinajstić information content (AvgIpc) is 3.05. The van der Waals surface area contributed by atoms with Crippen LogP contribution in [0.4, 0.5) is 0 Å². The second-order valence-electron chi connectivity index (χ2n) is 9.62. The number of carbonyl (C=O) groups is 1. The molecule has 1 aromatic heterocycles. The molecule has 0 spiro atoms. The molecule has 8 nitrogen and oxygen atoms in total. The standard InChI is InChI=1S/C26H40N4O4/c1-18-22(19(2)29(5)27-18)16-30-13-8-6-7-9-20-15-21(26(33)28(3)4)10-11-25(20)34-17-24(32)23(31)12-14-30/h10-11,15,23-24,31-32H,6-9,12-14,16-17H2,1-5H3/t23-,24+/m0/s1. The Kier molecular flexibility index (Phi) is 9.10. The molecule has 1 aliphatic heterocycles. The number of hydrogen-bond acceptors (Lipinski definition) is 6. The highest BCUT2D eigenvalue weighted by Gasteiger charge is 2.21. The van der Waals surface area contributed by atoms with Crippen LogP contribution in [0.25, 0.3) is 0 Å². The van der Waals surface area contributed by atoms with Crippen LogP contribution in [0.3, 0.4) is 0 Å². The van der Waals surface area contributed by atoms with Crippen molar-refractivity contribution in [3.8, 4) is 5.75 Å². The number of aryl methyl sites for hydroxylation is 3. The fraction of sp³-hybridized carbons (Fsp3) is 0.615. The Morgan fingerprint density at radius 3 is 2.59 bits per heavy atom. The third-order valence-electron chi connectivity index (χ3n) is 6.77. The molecule has 8 heteroatoms.